The highest BCUT2D eigenvalue weighted by atomic mass is 32.2. The fraction of sp³-hybridized carbons (Fsp3) is 0.286. The van der Waals surface area contributed by atoms with E-state index in [9.17, 15) is 14.7 Å². The molecule has 0 fully saturated rings. The number of rotatable bonds is 2. The number of aromatic nitrogens is 1. The number of ether oxygens (including phenoxy) is 1. The summed E-state index contributed by atoms with van der Waals surface area (Å²) in [6.07, 6.45) is 0. The Bertz CT molecular complexity index is 737. The molecule has 110 valence electrons. The van der Waals surface area contributed by atoms with E-state index < -0.39 is 5.92 Å². The van der Waals surface area contributed by atoms with E-state index in [4.69, 9.17) is 4.74 Å². The van der Waals surface area contributed by atoms with Crippen molar-refractivity contribution in [3.8, 4) is 5.75 Å². The number of methoxy groups -OCH3 is 1. The first kappa shape index (κ1) is 14.2. The summed E-state index contributed by atoms with van der Waals surface area (Å²) in [5.41, 5.74) is 0.643. The highest BCUT2D eigenvalue weighted by Crippen LogP contribution is 2.47. The molecule has 1 aromatic heterocycles. The lowest BCUT2D eigenvalue weighted by Crippen LogP contribution is -2.29. The molecule has 21 heavy (non-hydrogen) atoms. The van der Waals surface area contributed by atoms with Crippen LogP contribution in [0.4, 0.5) is 0 Å². The molecule has 2 heterocycles. The molecule has 2 N–H and O–H groups in total. The first-order valence-corrected chi connectivity index (χ1v) is 8.13. The largest absolute Gasteiger partial charge is 0.508 e. The number of para-hydroxylation sites is 1. The Labute approximate surface area is 129 Å². The summed E-state index contributed by atoms with van der Waals surface area (Å²) in [7, 11) is 1.35. The highest BCUT2D eigenvalue weighted by molar-refractivity contribution is 7.99. The second-order valence-electron chi connectivity index (χ2n) is 4.69. The van der Waals surface area contributed by atoms with Gasteiger partial charge in [-0.2, -0.15) is 0 Å². The molecule has 7 heteroatoms. The molecule has 5 nitrogen and oxygen atoms in total. The summed E-state index contributed by atoms with van der Waals surface area (Å²) in [6.45, 7) is 0. The van der Waals surface area contributed by atoms with Crippen molar-refractivity contribution in [2.24, 2.45) is 5.92 Å². The molecule has 0 saturated heterocycles. The van der Waals surface area contributed by atoms with E-state index in [1.54, 1.807) is 24.3 Å². The molecule has 2 atom stereocenters. The predicted molar refractivity (Wildman–Crippen MR) is 81.1 cm³/mol. The van der Waals surface area contributed by atoms with Gasteiger partial charge in [0.25, 0.3) is 0 Å². The number of hydrogen-bond donors (Lipinski definition) is 2. The summed E-state index contributed by atoms with van der Waals surface area (Å²) in [5.74, 6) is -0.491. The van der Waals surface area contributed by atoms with Crippen LogP contribution in [0.1, 0.15) is 16.4 Å². The molecule has 0 radical (unpaired) electrons. The summed E-state index contributed by atoms with van der Waals surface area (Å²) in [4.78, 5) is 27.1. The van der Waals surface area contributed by atoms with Gasteiger partial charge in [-0.1, -0.05) is 29.5 Å². The Balaban J connectivity index is 2.16. The molecule has 1 aliphatic heterocycles. The number of carbonyl (C=O) groups is 1. The van der Waals surface area contributed by atoms with Gasteiger partial charge in [-0.25, -0.2) is 0 Å². The fourth-order valence-electron chi connectivity index (χ4n) is 2.55. The monoisotopic (exact) mass is 323 g/mol. The van der Waals surface area contributed by atoms with E-state index >= 15 is 0 Å². The summed E-state index contributed by atoms with van der Waals surface area (Å²) < 4.78 is 4.89. The van der Waals surface area contributed by atoms with E-state index in [-0.39, 0.29) is 22.5 Å². The third kappa shape index (κ3) is 2.47. The number of thiazole rings is 1. The van der Waals surface area contributed by atoms with Crippen molar-refractivity contribution in [2.75, 3.05) is 12.9 Å². The topological polar surface area (TPSA) is 79.4 Å². The Morgan fingerprint density at radius 3 is 2.90 bits per heavy atom. The third-order valence-electron chi connectivity index (χ3n) is 3.51. The van der Waals surface area contributed by atoms with Gasteiger partial charge in [0.2, 0.25) is 0 Å². The normalized spacial score (nSPS) is 20.8. The summed E-state index contributed by atoms with van der Waals surface area (Å²) in [5, 5.41) is 10.9. The van der Waals surface area contributed by atoms with Crippen LogP contribution in [0.15, 0.2) is 34.1 Å². The number of aromatic amines is 1. The minimum Gasteiger partial charge on any atom is -0.508 e. The molecular formula is C14H13NO4S2. The Kier molecular flexibility index (Phi) is 3.77. The minimum absolute atomic E-state index is 0.120. The first-order chi connectivity index (χ1) is 10.1. The van der Waals surface area contributed by atoms with Gasteiger partial charge in [-0.15, -0.1) is 11.8 Å². The maximum absolute atomic E-state index is 12.1. The van der Waals surface area contributed by atoms with Crippen molar-refractivity contribution >= 4 is 29.1 Å². The quantitative estimate of drug-likeness (QED) is 0.828. The number of fused-ring (bicyclic) bond motifs is 1. The van der Waals surface area contributed by atoms with Crippen LogP contribution >= 0.6 is 23.1 Å². The van der Waals surface area contributed by atoms with Crippen LogP contribution in [-0.2, 0) is 9.53 Å². The number of esters is 1. The van der Waals surface area contributed by atoms with Crippen molar-refractivity contribution in [2.45, 2.75) is 10.9 Å². The summed E-state index contributed by atoms with van der Waals surface area (Å²) >= 11 is 2.52. The van der Waals surface area contributed by atoms with Gasteiger partial charge in [-0.3, -0.25) is 9.59 Å². The number of phenolic OH excluding ortho intramolecular Hbond substituents is 1. The maximum Gasteiger partial charge on any atom is 0.310 e. The van der Waals surface area contributed by atoms with Gasteiger partial charge in [-0.05, 0) is 6.07 Å². The Morgan fingerprint density at radius 1 is 1.43 bits per heavy atom. The molecule has 2 aromatic rings. The lowest BCUT2D eigenvalue weighted by Gasteiger charge is -2.29. The molecule has 1 aliphatic rings. The predicted octanol–water partition coefficient (Wildman–Crippen LogP) is 2.17. The van der Waals surface area contributed by atoms with Crippen molar-refractivity contribution in [3.05, 3.63) is 44.4 Å². The highest BCUT2D eigenvalue weighted by Gasteiger charge is 2.39. The van der Waals surface area contributed by atoms with Crippen LogP contribution in [0.2, 0.25) is 0 Å². The van der Waals surface area contributed by atoms with Crippen molar-refractivity contribution in [3.63, 3.8) is 0 Å². The first-order valence-electron chi connectivity index (χ1n) is 6.33. The molecule has 0 amide bonds. The molecule has 0 spiro atoms. The zero-order valence-corrected chi connectivity index (χ0v) is 12.8. The molecule has 0 bridgehead atoms. The molecule has 2 unspecified atom stereocenters. The minimum atomic E-state index is -0.424. The van der Waals surface area contributed by atoms with Gasteiger partial charge in [0.1, 0.15) is 5.75 Å². The van der Waals surface area contributed by atoms with E-state index in [2.05, 4.69) is 4.98 Å². The van der Waals surface area contributed by atoms with E-state index in [1.807, 2.05) is 0 Å². The zero-order valence-electron chi connectivity index (χ0n) is 11.2. The molecule has 3 rings (SSSR count). The number of H-pyrrole nitrogens is 1. The van der Waals surface area contributed by atoms with Crippen molar-refractivity contribution in [1.82, 2.24) is 4.98 Å². The zero-order chi connectivity index (χ0) is 15.0. The van der Waals surface area contributed by atoms with Crippen LogP contribution in [0.3, 0.4) is 0 Å². The van der Waals surface area contributed by atoms with E-state index in [1.165, 1.54) is 18.9 Å². The third-order valence-corrected chi connectivity index (χ3v) is 5.74. The van der Waals surface area contributed by atoms with Crippen LogP contribution in [0.5, 0.6) is 5.75 Å². The standard InChI is InChI=1S/C14H13NO4S2/c1-19-13(17)8-6-20-12-11(21-14(18)15-12)10(8)7-4-2-3-5-9(7)16/h2-5,8,10,16H,6H2,1H3,(H,15,18). The number of carbonyl (C=O) groups excluding carboxylic acids is 1. The fourth-order valence-corrected chi connectivity index (χ4v) is 4.94. The van der Waals surface area contributed by atoms with Crippen LogP contribution < -0.4 is 4.87 Å². The number of phenols is 1. The smallest absolute Gasteiger partial charge is 0.310 e. The van der Waals surface area contributed by atoms with E-state index in [0.717, 1.165) is 21.2 Å². The summed E-state index contributed by atoms with van der Waals surface area (Å²) in [6, 6.07) is 6.89. The van der Waals surface area contributed by atoms with E-state index in [0.29, 0.717) is 11.3 Å². The van der Waals surface area contributed by atoms with Crippen molar-refractivity contribution < 1.29 is 14.6 Å². The van der Waals surface area contributed by atoms with Gasteiger partial charge in [0.15, 0.2) is 0 Å². The van der Waals surface area contributed by atoms with Gasteiger partial charge in [0, 0.05) is 22.1 Å². The van der Waals surface area contributed by atoms with Gasteiger partial charge < -0.3 is 14.8 Å². The number of nitrogens with one attached hydrogen (secondary N) is 1. The van der Waals surface area contributed by atoms with Gasteiger partial charge >= 0.3 is 10.8 Å². The molecule has 1 aromatic carbocycles. The lowest BCUT2D eigenvalue weighted by atomic mass is 9.85. The molecule has 0 aliphatic carbocycles. The maximum atomic E-state index is 12.1. The lowest BCUT2D eigenvalue weighted by molar-refractivity contribution is -0.145. The Hall–Kier alpha value is -1.73. The average molecular weight is 323 g/mol. The SMILES string of the molecule is COC(=O)C1CSc2[nH]c(=O)sc2C1c1ccccc1O. The molecular weight excluding hydrogens is 310 g/mol. The van der Waals surface area contributed by atoms with Crippen molar-refractivity contribution in [1.29, 1.82) is 0 Å². The number of hydrogen-bond acceptors (Lipinski definition) is 6. The number of thioether (sulfide) groups is 1. The second-order valence-corrected chi connectivity index (χ2v) is 6.73. The number of aromatic hydroxyl groups is 1. The van der Waals surface area contributed by atoms with Crippen LogP contribution in [0, 0.1) is 5.92 Å². The van der Waals surface area contributed by atoms with Crippen LogP contribution in [0.25, 0.3) is 0 Å². The second kappa shape index (κ2) is 5.57. The van der Waals surface area contributed by atoms with Gasteiger partial charge in [0.05, 0.1) is 18.1 Å². The Morgan fingerprint density at radius 2 is 2.19 bits per heavy atom. The molecule has 0 saturated carbocycles. The van der Waals surface area contributed by atoms with Crippen LogP contribution in [-0.4, -0.2) is 28.9 Å². The average Bonchev–Trinajstić information content (AvgIpc) is 2.86. The number of benzene rings is 1.